The Labute approximate surface area is 160 Å². The number of fused-ring (bicyclic) bond motifs is 1. The fourth-order valence-electron chi connectivity index (χ4n) is 3.48. The Bertz CT molecular complexity index is 898. The normalized spacial score (nSPS) is 12.3. The largest absolute Gasteiger partial charge is 0.496 e. The molecule has 4 nitrogen and oxygen atoms in total. The van der Waals surface area contributed by atoms with Crippen molar-refractivity contribution in [2.45, 2.75) is 32.6 Å². The number of nitrogens with one attached hydrogen (secondary N) is 2. The Kier molecular flexibility index (Phi) is 6.17. The molecule has 0 aliphatic rings. The highest BCUT2D eigenvalue weighted by Gasteiger charge is 2.24. The topological polar surface area (TPSA) is 54.1 Å². The molecule has 0 saturated carbocycles. The van der Waals surface area contributed by atoms with E-state index in [2.05, 4.69) is 36.3 Å². The molecule has 0 radical (unpaired) electrons. The van der Waals surface area contributed by atoms with E-state index in [-0.39, 0.29) is 11.8 Å². The van der Waals surface area contributed by atoms with Crippen LogP contribution in [0, 0.1) is 5.92 Å². The molecule has 27 heavy (non-hydrogen) atoms. The fourth-order valence-corrected chi connectivity index (χ4v) is 3.48. The zero-order valence-corrected chi connectivity index (χ0v) is 16.3. The molecule has 1 aromatic heterocycles. The first-order chi connectivity index (χ1) is 13.1. The van der Waals surface area contributed by atoms with E-state index in [1.54, 1.807) is 7.11 Å². The van der Waals surface area contributed by atoms with Crippen LogP contribution < -0.4 is 10.1 Å². The maximum absolute atomic E-state index is 12.7. The number of H-pyrrole nitrogens is 1. The fraction of sp³-hybridized carbons (Fsp3) is 0.348. The maximum Gasteiger partial charge on any atom is 0.220 e. The number of hydrogen-bond acceptors (Lipinski definition) is 2. The summed E-state index contributed by atoms with van der Waals surface area (Å²) in [7, 11) is 1.67. The molecular formula is C23H28N2O2. The summed E-state index contributed by atoms with van der Waals surface area (Å²) >= 11 is 0. The molecule has 0 bridgehead atoms. The Morgan fingerprint density at radius 1 is 1.07 bits per heavy atom. The number of para-hydroxylation sites is 2. The summed E-state index contributed by atoms with van der Waals surface area (Å²) < 4.78 is 5.59. The number of aromatic amines is 1. The van der Waals surface area contributed by atoms with E-state index >= 15 is 0 Å². The Morgan fingerprint density at radius 3 is 2.59 bits per heavy atom. The first-order valence-corrected chi connectivity index (χ1v) is 9.55. The van der Waals surface area contributed by atoms with E-state index in [1.807, 2.05) is 42.6 Å². The maximum atomic E-state index is 12.7. The molecule has 1 atom stereocenters. The number of rotatable bonds is 8. The van der Waals surface area contributed by atoms with Crippen molar-refractivity contribution in [3.8, 4) is 5.75 Å². The Morgan fingerprint density at radius 2 is 1.81 bits per heavy atom. The number of amides is 1. The second kappa shape index (κ2) is 8.76. The minimum atomic E-state index is -0.0728. The lowest BCUT2D eigenvalue weighted by Crippen LogP contribution is -2.27. The van der Waals surface area contributed by atoms with Crippen LogP contribution in [0.1, 0.15) is 43.7 Å². The lowest BCUT2D eigenvalue weighted by Gasteiger charge is -2.20. The van der Waals surface area contributed by atoms with Crippen LogP contribution in [0.3, 0.4) is 0 Å². The SMILES string of the molecule is COc1ccccc1[C@H](CC(=O)NCCC(C)C)c1c[nH]c2ccccc12. The molecule has 0 saturated heterocycles. The quantitative estimate of drug-likeness (QED) is 0.600. The van der Waals surface area contributed by atoms with Crippen molar-refractivity contribution in [3.05, 3.63) is 65.9 Å². The molecule has 2 aromatic carbocycles. The third kappa shape index (κ3) is 4.51. The predicted molar refractivity (Wildman–Crippen MR) is 110 cm³/mol. The molecule has 3 aromatic rings. The molecule has 0 spiro atoms. The molecule has 1 heterocycles. The molecule has 0 aliphatic carbocycles. The molecule has 0 unspecified atom stereocenters. The Balaban J connectivity index is 1.93. The van der Waals surface area contributed by atoms with E-state index in [9.17, 15) is 4.79 Å². The van der Waals surface area contributed by atoms with Crippen molar-refractivity contribution in [2.75, 3.05) is 13.7 Å². The van der Waals surface area contributed by atoms with Gasteiger partial charge in [0.2, 0.25) is 5.91 Å². The molecule has 0 aliphatic heterocycles. The third-order valence-electron chi connectivity index (χ3n) is 4.94. The van der Waals surface area contributed by atoms with E-state index in [1.165, 1.54) is 0 Å². The molecule has 1 amide bonds. The van der Waals surface area contributed by atoms with Crippen LogP contribution >= 0.6 is 0 Å². The molecule has 4 heteroatoms. The zero-order chi connectivity index (χ0) is 19.2. The number of hydrogen-bond donors (Lipinski definition) is 2. The summed E-state index contributed by atoms with van der Waals surface area (Å²) in [6, 6.07) is 16.1. The third-order valence-corrected chi connectivity index (χ3v) is 4.94. The smallest absolute Gasteiger partial charge is 0.220 e. The summed E-state index contributed by atoms with van der Waals surface area (Å²) in [5.74, 6) is 1.37. The summed E-state index contributed by atoms with van der Waals surface area (Å²) in [5, 5.41) is 4.21. The van der Waals surface area contributed by atoms with Crippen molar-refractivity contribution in [3.63, 3.8) is 0 Å². The minimum absolute atomic E-state index is 0.0665. The number of benzene rings is 2. The number of methoxy groups -OCH3 is 1. The van der Waals surface area contributed by atoms with E-state index in [0.29, 0.717) is 18.9 Å². The van der Waals surface area contributed by atoms with Crippen LogP contribution in [0.25, 0.3) is 10.9 Å². The minimum Gasteiger partial charge on any atom is -0.496 e. The standard InChI is InChI=1S/C23H28N2O2/c1-16(2)12-13-24-23(26)14-19(18-9-5-7-11-22(18)27-3)20-15-25-21-10-6-4-8-17(20)21/h4-11,15-16,19,25H,12-14H2,1-3H3,(H,24,26)/t19-/m0/s1. The van der Waals surface area contributed by atoms with Crippen molar-refractivity contribution in [1.82, 2.24) is 10.3 Å². The van der Waals surface area contributed by atoms with E-state index in [0.717, 1.165) is 34.2 Å². The highest BCUT2D eigenvalue weighted by Crippen LogP contribution is 2.37. The number of carbonyl (C=O) groups excluding carboxylic acids is 1. The summed E-state index contributed by atoms with van der Waals surface area (Å²) in [6.07, 6.45) is 3.39. The van der Waals surface area contributed by atoms with Gasteiger partial charge in [-0.05, 0) is 30.0 Å². The first kappa shape index (κ1) is 19.0. The van der Waals surface area contributed by atoms with Crippen LogP contribution in [0.5, 0.6) is 5.75 Å². The van der Waals surface area contributed by atoms with Gasteiger partial charge in [0.05, 0.1) is 7.11 Å². The average Bonchev–Trinajstić information content (AvgIpc) is 3.10. The van der Waals surface area contributed by atoms with Gasteiger partial charge in [-0.25, -0.2) is 0 Å². The van der Waals surface area contributed by atoms with Gasteiger partial charge in [0, 0.05) is 41.5 Å². The second-order valence-corrected chi connectivity index (χ2v) is 7.32. The van der Waals surface area contributed by atoms with Gasteiger partial charge in [0.25, 0.3) is 0 Å². The van der Waals surface area contributed by atoms with E-state index < -0.39 is 0 Å². The molecule has 2 N–H and O–H groups in total. The van der Waals surface area contributed by atoms with Crippen LogP contribution in [0.2, 0.25) is 0 Å². The highest BCUT2D eigenvalue weighted by molar-refractivity contribution is 5.86. The van der Waals surface area contributed by atoms with Crippen molar-refractivity contribution in [1.29, 1.82) is 0 Å². The lowest BCUT2D eigenvalue weighted by atomic mass is 9.87. The Hall–Kier alpha value is -2.75. The van der Waals surface area contributed by atoms with E-state index in [4.69, 9.17) is 4.74 Å². The molecule has 0 fully saturated rings. The molecule has 3 rings (SSSR count). The summed E-state index contributed by atoms with van der Waals surface area (Å²) in [5.41, 5.74) is 3.23. The van der Waals surface area contributed by atoms with Gasteiger partial charge in [-0.15, -0.1) is 0 Å². The van der Waals surface area contributed by atoms with Crippen LogP contribution in [-0.4, -0.2) is 24.5 Å². The van der Waals surface area contributed by atoms with Gasteiger partial charge < -0.3 is 15.0 Å². The van der Waals surface area contributed by atoms with Crippen molar-refractivity contribution >= 4 is 16.8 Å². The number of aromatic nitrogens is 1. The van der Waals surface area contributed by atoms with Gasteiger partial charge in [-0.1, -0.05) is 50.2 Å². The summed E-state index contributed by atoms with van der Waals surface area (Å²) in [4.78, 5) is 16.0. The summed E-state index contributed by atoms with van der Waals surface area (Å²) in [6.45, 7) is 5.04. The van der Waals surface area contributed by atoms with Gasteiger partial charge in [-0.3, -0.25) is 4.79 Å². The van der Waals surface area contributed by atoms with Gasteiger partial charge >= 0.3 is 0 Å². The monoisotopic (exact) mass is 364 g/mol. The second-order valence-electron chi connectivity index (χ2n) is 7.32. The molecular weight excluding hydrogens is 336 g/mol. The van der Waals surface area contributed by atoms with Gasteiger partial charge in [0.1, 0.15) is 5.75 Å². The predicted octanol–water partition coefficient (Wildman–Crippen LogP) is 4.86. The number of carbonyl (C=O) groups is 1. The zero-order valence-electron chi connectivity index (χ0n) is 16.3. The van der Waals surface area contributed by atoms with Gasteiger partial charge in [-0.2, -0.15) is 0 Å². The van der Waals surface area contributed by atoms with Gasteiger partial charge in [0.15, 0.2) is 0 Å². The molecule has 142 valence electrons. The van der Waals surface area contributed by atoms with Crippen LogP contribution in [-0.2, 0) is 4.79 Å². The average molecular weight is 364 g/mol. The highest BCUT2D eigenvalue weighted by atomic mass is 16.5. The van der Waals surface area contributed by atoms with Crippen molar-refractivity contribution < 1.29 is 9.53 Å². The van der Waals surface area contributed by atoms with Crippen LogP contribution in [0.4, 0.5) is 0 Å². The lowest BCUT2D eigenvalue weighted by molar-refractivity contribution is -0.121. The van der Waals surface area contributed by atoms with Crippen molar-refractivity contribution in [2.24, 2.45) is 5.92 Å². The first-order valence-electron chi connectivity index (χ1n) is 9.55. The van der Waals surface area contributed by atoms with Crippen LogP contribution in [0.15, 0.2) is 54.7 Å². The number of ether oxygens (including phenoxy) is 1.